The van der Waals surface area contributed by atoms with Gasteiger partial charge in [-0.1, -0.05) is 35.6 Å². The first kappa shape index (κ1) is 31.9. The summed E-state index contributed by atoms with van der Waals surface area (Å²) in [5.41, 5.74) is 10.7. The molecule has 0 radical (unpaired) electrons. The zero-order valence-electron chi connectivity index (χ0n) is 23.9. The molecule has 0 spiro atoms. The Labute approximate surface area is 265 Å². The molecular formula is C31H31Cl2N7O2S. The molecule has 1 aliphatic rings. The van der Waals surface area contributed by atoms with E-state index >= 15 is 0 Å². The summed E-state index contributed by atoms with van der Waals surface area (Å²) in [5, 5.41) is 16.1. The number of benzene rings is 2. The molecule has 5 rings (SSSR count). The van der Waals surface area contributed by atoms with E-state index in [1.807, 2.05) is 47.9 Å². The Balaban J connectivity index is 0.00000423. The molecule has 0 unspecified atom stereocenters. The number of nitrogens with two attached hydrogens (primary N) is 1. The Morgan fingerprint density at radius 1 is 1.05 bits per heavy atom. The summed E-state index contributed by atoms with van der Waals surface area (Å²) in [6.07, 6.45) is 0.171. The maximum Gasteiger partial charge on any atom is 0.226 e. The van der Waals surface area contributed by atoms with Gasteiger partial charge in [-0.2, -0.15) is 0 Å². The molecular weight excluding hydrogens is 605 g/mol. The summed E-state index contributed by atoms with van der Waals surface area (Å²) in [5.74, 6) is 6.61. The van der Waals surface area contributed by atoms with Crippen LogP contribution in [0.15, 0.2) is 53.5 Å². The van der Waals surface area contributed by atoms with Crippen molar-refractivity contribution in [2.45, 2.75) is 39.7 Å². The number of rotatable bonds is 7. The number of hydrogen-bond acceptors (Lipinski definition) is 7. The van der Waals surface area contributed by atoms with Gasteiger partial charge in [0.05, 0.1) is 18.7 Å². The predicted molar refractivity (Wildman–Crippen MR) is 174 cm³/mol. The fraction of sp³-hybridized carbons (Fsp3) is 0.258. The largest absolute Gasteiger partial charge is 0.356 e. The molecule has 0 saturated heterocycles. The van der Waals surface area contributed by atoms with Crippen LogP contribution in [-0.4, -0.2) is 45.4 Å². The Hall–Kier alpha value is -4.01. The molecule has 1 aliphatic heterocycles. The molecule has 12 heteroatoms. The summed E-state index contributed by atoms with van der Waals surface area (Å²) >= 11 is 7.84. The van der Waals surface area contributed by atoms with E-state index in [-0.39, 0.29) is 50.2 Å². The zero-order valence-corrected chi connectivity index (χ0v) is 26.3. The Bertz CT molecular complexity index is 1730. The smallest absolute Gasteiger partial charge is 0.226 e. The lowest BCUT2D eigenvalue weighted by molar-refractivity contribution is -0.121. The number of anilines is 1. The number of thiophene rings is 1. The maximum absolute atomic E-state index is 13.1. The fourth-order valence-electron chi connectivity index (χ4n) is 4.71. The molecule has 4 N–H and O–H groups in total. The van der Waals surface area contributed by atoms with Crippen molar-refractivity contribution in [2.75, 3.05) is 18.4 Å². The van der Waals surface area contributed by atoms with Gasteiger partial charge >= 0.3 is 0 Å². The summed E-state index contributed by atoms with van der Waals surface area (Å²) in [6, 6.07) is 14.1. The number of halogens is 2. The first-order valence-corrected chi connectivity index (χ1v) is 14.7. The molecule has 9 nitrogen and oxygen atoms in total. The Morgan fingerprint density at radius 3 is 2.47 bits per heavy atom. The third-order valence-electron chi connectivity index (χ3n) is 6.91. The minimum absolute atomic E-state index is 0. The molecule has 1 atom stereocenters. The predicted octanol–water partition coefficient (Wildman–Crippen LogP) is 5.07. The van der Waals surface area contributed by atoms with Gasteiger partial charge in [-0.05, 0) is 62.7 Å². The lowest BCUT2D eigenvalue weighted by Crippen LogP contribution is -2.29. The van der Waals surface area contributed by atoms with Crippen LogP contribution in [0.2, 0.25) is 5.02 Å². The van der Waals surface area contributed by atoms with Crippen molar-refractivity contribution in [3.8, 4) is 16.8 Å². The number of aryl methyl sites for hydroxylation is 2. The van der Waals surface area contributed by atoms with E-state index in [0.717, 1.165) is 38.8 Å². The molecule has 3 heterocycles. The lowest BCUT2D eigenvalue weighted by atomic mass is 9.99. The van der Waals surface area contributed by atoms with Gasteiger partial charge in [0.2, 0.25) is 11.8 Å². The summed E-state index contributed by atoms with van der Waals surface area (Å²) in [6.45, 7) is 6.53. The third kappa shape index (κ3) is 7.14. The van der Waals surface area contributed by atoms with Crippen LogP contribution in [-0.2, 0) is 9.59 Å². The molecule has 43 heavy (non-hydrogen) atoms. The number of carbonyl (C=O) groups excluding carboxylic acids is 2. The van der Waals surface area contributed by atoms with Crippen LogP contribution in [0.3, 0.4) is 0 Å². The van der Waals surface area contributed by atoms with E-state index in [2.05, 4.69) is 46.5 Å². The molecule has 0 bridgehead atoms. The standard InChI is InChI=1S/C31H30ClN7O2S.ClH/c1-18-19(2)42-31-28(18)29(22-8-10-23(32)11-9-22)36-25(30-38-37-20(3)39(30)31)17-27(41)34-16-14-26(40)35-24-12-6-21(7-13-24)5-4-15-33;/h6-13,25H,14-17,33H2,1-3H3,(H,34,41)(H,35,40);1H/t25-;/m0./s1. The Morgan fingerprint density at radius 2 is 1.77 bits per heavy atom. The Kier molecular flexibility index (Phi) is 10.4. The van der Waals surface area contributed by atoms with Gasteiger partial charge in [-0.25, -0.2) is 0 Å². The van der Waals surface area contributed by atoms with Gasteiger partial charge in [-0.15, -0.1) is 33.9 Å². The fourth-order valence-corrected chi connectivity index (χ4v) is 6.05. The van der Waals surface area contributed by atoms with E-state index in [1.54, 1.807) is 23.5 Å². The second-order valence-corrected chi connectivity index (χ2v) is 11.5. The van der Waals surface area contributed by atoms with Crippen molar-refractivity contribution in [1.82, 2.24) is 20.1 Å². The van der Waals surface area contributed by atoms with Crippen molar-refractivity contribution in [1.29, 1.82) is 0 Å². The van der Waals surface area contributed by atoms with Gasteiger partial charge < -0.3 is 16.4 Å². The molecule has 0 fully saturated rings. The second-order valence-electron chi connectivity index (χ2n) is 9.84. The van der Waals surface area contributed by atoms with Gasteiger partial charge in [0.1, 0.15) is 16.9 Å². The lowest BCUT2D eigenvalue weighted by Gasteiger charge is -2.13. The first-order chi connectivity index (χ1) is 20.2. The van der Waals surface area contributed by atoms with Gasteiger partial charge in [0.25, 0.3) is 0 Å². The van der Waals surface area contributed by atoms with Crippen molar-refractivity contribution in [3.05, 3.63) is 92.3 Å². The monoisotopic (exact) mass is 635 g/mol. The SMILES string of the molecule is Cc1sc2c(c1C)C(c1ccc(Cl)cc1)=N[C@@H](CC(=O)NCCC(=O)Nc1ccc(C#CCN)cc1)c1nnc(C)n1-2.Cl. The van der Waals surface area contributed by atoms with Crippen LogP contribution < -0.4 is 16.4 Å². The minimum atomic E-state index is -0.578. The number of amides is 2. The normalized spacial score (nSPS) is 13.3. The topological polar surface area (TPSA) is 127 Å². The van der Waals surface area contributed by atoms with Crippen molar-refractivity contribution >= 4 is 58.6 Å². The number of nitrogens with zero attached hydrogens (tertiary/aromatic N) is 4. The summed E-state index contributed by atoms with van der Waals surface area (Å²) < 4.78 is 2.00. The molecule has 4 aromatic rings. The van der Waals surface area contributed by atoms with E-state index in [0.29, 0.717) is 16.5 Å². The average molecular weight is 637 g/mol. The van der Waals surface area contributed by atoms with Crippen LogP contribution in [0, 0.1) is 32.6 Å². The summed E-state index contributed by atoms with van der Waals surface area (Å²) in [7, 11) is 0. The van der Waals surface area contributed by atoms with Gasteiger partial charge in [0.15, 0.2) is 5.82 Å². The van der Waals surface area contributed by atoms with Crippen LogP contribution in [0.25, 0.3) is 5.00 Å². The molecule has 2 aromatic heterocycles. The number of aliphatic imine (C=N–C) groups is 1. The van der Waals surface area contributed by atoms with E-state index in [1.165, 1.54) is 4.88 Å². The van der Waals surface area contributed by atoms with Crippen molar-refractivity contribution in [3.63, 3.8) is 0 Å². The molecule has 222 valence electrons. The highest BCUT2D eigenvalue weighted by Crippen LogP contribution is 2.39. The number of fused-ring (bicyclic) bond motifs is 3. The first-order valence-electron chi connectivity index (χ1n) is 13.5. The molecule has 0 saturated carbocycles. The van der Waals surface area contributed by atoms with Crippen molar-refractivity contribution < 1.29 is 9.59 Å². The summed E-state index contributed by atoms with van der Waals surface area (Å²) in [4.78, 5) is 31.9. The van der Waals surface area contributed by atoms with E-state index < -0.39 is 6.04 Å². The molecule has 0 aliphatic carbocycles. The van der Waals surface area contributed by atoms with Crippen LogP contribution in [0.4, 0.5) is 5.69 Å². The quantitative estimate of drug-likeness (QED) is 0.244. The number of hydrogen-bond donors (Lipinski definition) is 3. The maximum atomic E-state index is 13.1. The highest BCUT2D eigenvalue weighted by Gasteiger charge is 2.32. The minimum Gasteiger partial charge on any atom is -0.356 e. The number of nitrogens with one attached hydrogen (secondary N) is 2. The van der Waals surface area contributed by atoms with E-state index in [4.69, 9.17) is 22.3 Å². The molecule has 2 aromatic carbocycles. The second kappa shape index (κ2) is 14.0. The number of carbonyl (C=O) groups is 2. The van der Waals surface area contributed by atoms with E-state index in [9.17, 15) is 9.59 Å². The number of aromatic nitrogens is 3. The van der Waals surface area contributed by atoms with Crippen LogP contribution in [0.5, 0.6) is 0 Å². The van der Waals surface area contributed by atoms with Gasteiger partial charge in [-0.3, -0.25) is 19.1 Å². The molecule has 2 amide bonds. The van der Waals surface area contributed by atoms with Gasteiger partial charge in [0, 0.05) is 45.2 Å². The van der Waals surface area contributed by atoms with Crippen LogP contribution >= 0.6 is 35.3 Å². The zero-order chi connectivity index (χ0) is 29.8. The highest BCUT2D eigenvalue weighted by molar-refractivity contribution is 7.15. The average Bonchev–Trinajstić information content (AvgIpc) is 3.45. The highest BCUT2D eigenvalue weighted by atomic mass is 35.5. The van der Waals surface area contributed by atoms with Crippen molar-refractivity contribution in [2.24, 2.45) is 10.7 Å². The van der Waals surface area contributed by atoms with Crippen LogP contribution in [0.1, 0.15) is 57.7 Å². The third-order valence-corrected chi connectivity index (χ3v) is 8.36.